The maximum atomic E-state index is 11.9. The molecule has 0 fully saturated rings. The van der Waals surface area contributed by atoms with Crippen molar-refractivity contribution in [2.45, 2.75) is 26.4 Å². The van der Waals surface area contributed by atoms with Gasteiger partial charge in [-0.1, -0.05) is 60.7 Å². The smallest absolute Gasteiger partial charge is 0.412 e. The number of rotatable bonds is 7. The molecule has 3 rings (SSSR count). The Morgan fingerprint density at radius 1 is 0.750 bits per heavy atom. The van der Waals surface area contributed by atoms with Gasteiger partial charge in [0.05, 0.1) is 19.8 Å². The van der Waals surface area contributed by atoms with E-state index in [1.165, 1.54) is 7.11 Å². The lowest BCUT2D eigenvalue weighted by atomic mass is 10.1. The molecule has 0 heterocycles. The van der Waals surface area contributed by atoms with E-state index in [0.717, 1.165) is 28.0 Å². The zero-order chi connectivity index (χ0) is 26.1. The zero-order valence-electron chi connectivity index (χ0n) is 21.2. The summed E-state index contributed by atoms with van der Waals surface area (Å²) < 4.78 is 15.6. The molecule has 1 amide bonds. The van der Waals surface area contributed by atoms with E-state index >= 15 is 0 Å². The summed E-state index contributed by atoms with van der Waals surface area (Å²) in [6.07, 6.45) is 7.43. The topological polar surface area (TPSA) is 73.9 Å². The summed E-state index contributed by atoms with van der Waals surface area (Å²) in [5, 5.41) is 2.73. The van der Waals surface area contributed by atoms with Gasteiger partial charge < -0.3 is 14.2 Å². The second-order valence-corrected chi connectivity index (χ2v) is 9.03. The Balaban J connectivity index is 1.65. The summed E-state index contributed by atoms with van der Waals surface area (Å²) in [5.74, 6) is 0.393. The molecule has 0 bridgehead atoms. The van der Waals surface area contributed by atoms with Crippen LogP contribution in [0, 0.1) is 0 Å². The highest BCUT2D eigenvalue weighted by Crippen LogP contribution is 2.24. The second kappa shape index (κ2) is 11.9. The molecule has 0 atom stereocenters. The Bertz CT molecular complexity index is 1250. The van der Waals surface area contributed by atoms with Crippen LogP contribution in [0.15, 0.2) is 66.7 Å². The van der Waals surface area contributed by atoms with Gasteiger partial charge in [0, 0.05) is 11.3 Å². The maximum absolute atomic E-state index is 11.9. The van der Waals surface area contributed by atoms with Crippen LogP contribution >= 0.6 is 0 Å². The number of nitrogens with one attached hydrogen (secondary N) is 1. The van der Waals surface area contributed by atoms with Crippen molar-refractivity contribution < 1.29 is 23.8 Å². The molecule has 6 nitrogen and oxygen atoms in total. The van der Waals surface area contributed by atoms with Crippen molar-refractivity contribution in [3.8, 4) is 5.75 Å². The van der Waals surface area contributed by atoms with Crippen LogP contribution in [0.1, 0.15) is 53.4 Å². The predicted octanol–water partition coefficient (Wildman–Crippen LogP) is 7.17. The van der Waals surface area contributed by atoms with E-state index in [1.807, 2.05) is 99.7 Å². The Kier molecular flexibility index (Phi) is 8.68. The minimum Gasteiger partial charge on any atom is -0.496 e. The minimum absolute atomic E-state index is 0.354. The minimum atomic E-state index is -0.547. The van der Waals surface area contributed by atoms with Crippen LogP contribution in [0.2, 0.25) is 0 Å². The highest BCUT2D eigenvalue weighted by molar-refractivity contribution is 5.89. The molecule has 186 valence electrons. The number of hydrogen-bond acceptors (Lipinski definition) is 5. The number of anilines is 1. The molecule has 0 aromatic heterocycles. The third kappa shape index (κ3) is 7.87. The van der Waals surface area contributed by atoms with Crippen molar-refractivity contribution in [3.63, 3.8) is 0 Å². The number of hydrogen-bond donors (Lipinski definition) is 1. The number of ether oxygens (including phenoxy) is 3. The molecule has 0 saturated heterocycles. The van der Waals surface area contributed by atoms with Gasteiger partial charge >= 0.3 is 12.1 Å². The third-order valence-electron chi connectivity index (χ3n) is 5.07. The van der Waals surface area contributed by atoms with Gasteiger partial charge in [-0.2, -0.15) is 0 Å². The summed E-state index contributed by atoms with van der Waals surface area (Å²) in [4.78, 5) is 23.5. The van der Waals surface area contributed by atoms with Crippen LogP contribution in [-0.4, -0.2) is 31.9 Å². The Labute approximate surface area is 212 Å². The molecule has 3 aromatic rings. The van der Waals surface area contributed by atoms with Gasteiger partial charge in [-0.25, -0.2) is 9.59 Å². The van der Waals surface area contributed by atoms with Gasteiger partial charge in [-0.15, -0.1) is 0 Å². The van der Waals surface area contributed by atoms with Crippen LogP contribution in [0.25, 0.3) is 24.3 Å². The summed E-state index contributed by atoms with van der Waals surface area (Å²) in [5.41, 5.74) is 4.50. The fourth-order valence-electron chi connectivity index (χ4n) is 3.29. The normalized spacial score (nSPS) is 11.5. The lowest BCUT2D eigenvalue weighted by molar-refractivity contribution is 0.0598. The predicted molar refractivity (Wildman–Crippen MR) is 145 cm³/mol. The largest absolute Gasteiger partial charge is 0.496 e. The first-order valence-corrected chi connectivity index (χ1v) is 11.5. The van der Waals surface area contributed by atoms with Crippen LogP contribution in [0.3, 0.4) is 0 Å². The molecule has 1 N–H and O–H groups in total. The van der Waals surface area contributed by atoms with E-state index < -0.39 is 11.7 Å². The van der Waals surface area contributed by atoms with Crippen LogP contribution in [-0.2, 0) is 9.47 Å². The molecular weight excluding hydrogens is 454 g/mol. The molecule has 0 saturated carbocycles. The quantitative estimate of drug-likeness (QED) is 0.284. The fraction of sp³-hybridized carbons (Fsp3) is 0.200. The highest BCUT2D eigenvalue weighted by atomic mass is 16.6. The van der Waals surface area contributed by atoms with E-state index in [4.69, 9.17) is 14.2 Å². The number of carbonyl (C=O) groups excluding carboxylic acids is 2. The molecule has 0 aliphatic rings. The lowest BCUT2D eigenvalue weighted by Gasteiger charge is -2.19. The zero-order valence-corrected chi connectivity index (χ0v) is 21.2. The van der Waals surface area contributed by atoms with Gasteiger partial charge in [-0.3, -0.25) is 5.32 Å². The van der Waals surface area contributed by atoms with Crippen LogP contribution in [0.4, 0.5) is 10.5 Å². The summed E-state index contributed by atoms with van der Waals surface area (Å²) in [6, 6.07) is 20.7. The van der Waals surface area contributed by atoms with Crippen molar-refractivity contribution >= 4 is 42.1 Å². The monoisotopic (exact) mass is 485 g/mol. The van der Waals surface area contributed by atoms with Crippen molar-refractivity contribution in [2.75, 3.05) is 19.5 Å². The first kappa shape index (κ1) is 26.3. The Morgan fingerprint density at radius 3 is 1.89 bits per heavy atom. The highest BCUT2D eigenvalue weighted by Gasteiger charge is 2.16. The molecule has 6 heteroatoms. The van der Waals surface area contributed by atoms with Crippen molar-refractivity contribution in [3.05, 3.63) is 94.5 Å². The van der Waals surface area contributed by atoms with Gasteiger partial charge in [0.15, 0.2) is 0 Å². The first-order valence-electron chi connectivity index (χ1n) is 11.5. The van der Waals surface area contributed by atoms with Gasteiger partial charge in [0.2, 0.25) is 0 Å². The molecule has 0 radical (unpaired) electrons. The van der Waals surface area contributed by atoms with Crippen LogP contribution in [0.5, 0.6) is 5.75 Å². The lowest BCUT2D eigenvalue weighted by Crippen LogP contribution is -2.27. The van der Waals surface area contributed by atoms with Crippen LogP contribution < -0.4 is 10.1 Å². The fourth-order valence-corrected chi connectivity index (χ4v) is 3.29. The van der Waals surface area contributed by atoms with Gasteiger partial charge in [-0.05, 0) is 67.8 Å². The van der Waals surface area contributed by atoms with E-state index in [9.17, 15) is 9.59 Å². The van der Waals surface area contributed by atoms with E-state index in [2.05, 4.69) is 5.32 Å². The second-order valence-electron chi connectivity index (χ2n) is 9.03. The SMILES string of the molecule is COC(=O)c1ccc(C=Cc2ccc(C=Cc3ccc(NC(=O)OC(C)(C)C)cc3)c(OC)c2)cc1. The molecule has 0 spiro atoms. The van der Waals surface area contributed by atoms with E-state index in [1.54, 1.807) is 19.2 Å². The van der Waals surface area contributed by atoms with E-state index in [-0.39, 0.29) is 5.97 Å². The standard InChI is InChI=1S/C30H31NO5/c1-30(2,3)36-29(33)31-26-18-12-22(13-19-26)8-14-24-15-11-23(20-27(24)34-4)7-6-21-9-16-25(17-10-21)28(32)35-5/h6-20H,1-5H3,(H,31,33). The molecule has 0 unspecified atom stereocenters. The number of amides is 1. The van der Waals surface area contributed by atoms with Crippen molar-refractivity contribution in [2.24, 2.45) is 0 Å². The van der Waals surface area contributed by atoms with E-state index in [0.29, 0.717) is 11.3 Å². The van der Waals surface area contributed by atoms with Gasteiger partial charge in [0.1, 0.15) is 11.4 Å². The number of benzene rings is 3. The third-order valence-corrected chi connectivity index (χ3v) is 5.07. The van der Waals surface area contributed by atoms with Crippen molar-refractivity contribution in [1.29, 1.82) is 0 Å². The average molecular weight is 486 g/mol. The van der Waals surface area contributed by atoms with Crippen molar-refractivity contribution in [1.82, 2.24) is 0 Å². The number of carbonyl (C=O) groups is 2. The summed E-state index contributed by atoms with van der Waals surface area (Å²) in [6.45, 7) is 5.47. The molecule has 36 heavy (non-hydrogen) atoms. The molecular formula is C30H31NO5. The Morgan fingerprint density at radius 2 is 1.31 bits per heavy atom. The number of methoxy groups -OCH3 is 2. The van der Waals surface area contributed by atoms with Gasteiger partial charge in [0.25, 0.3) is 0 Å². The maximum Gasteiger partial charge on any atom is 0.412 e. The molecule has 0 aliphatic carbocycles. The molecule has 3 aromatic carbocycles. The summed E-state index contributed by atoms with van der Waals surface area (Å²) >= 11 is 0. The first-order chi connectivity index (χ1) is 17.2. The molecule has 0 aliphatic heterocycles. The summed E-state index contributed by atoms with van der Waals surface area (Å²) in [7, 11) is 3.01. The average Bonchev–Trinajstić information content (AvgIpc) is 2.86. The Hall–Kier alpha value is -4.32. The number of esters is 1.